The zero-order valence-corrected chi connectivity index (χ0v) is 17.5. The number of hydrogen-bond donors (Lipinski definition) is 2. The number of sulfonamides is 1. The molecule has 1 unspecified atom stereocenters. The predicted octanol–water partition coefficient (Wildman–Crippen LogP) is 3.95. The zero-order chi connectivity index (χ0) is 21.8. The van der Waals surface area contributed by atoms with Gasteiger partial charge in [-0.3, -0.25) is 9.52 Å². The van der Waals surface area contributed by atoms with E-state index in [0.717, 1.165) is 24.2 Å². The van der Waals surface area contributed by atoms with Crippen molar-refractivity contribution in [3.05, 3.63) is 90.2 Å². The van der Waals surface area contributed by atoms with E-state index in [4.69, 9.17) is 0 Å². The molecule has 0 spiro atoms. The van der Waals surface area contributed by atoms with E-state index in [9.17, 15) is 17.6 Å². The van der Waals surface area contributed by atoms with Gasteiger partial charge in [0.2, 0.25) is 0 Å². The van der Waals surface area contributed by atoms with Crippen molar-refractivity contribution in [1.29, 1.82) is 0 Å². The highest BCUT2D eigenvalue weighted by atomic mass is 32.2. The Hall–Kier alpha value is -3.39. The monoisotopic (exact) mass is 439 g/mol. The Morgan fingerprint density at radius 1 is 0.903 bits per heavy atom. The van der Waals surface area contributed by atoms with Crippen LogP contribution >= 0.6 is 0 Å². The molecule has 31 heavy (non-hydrogen) atoms. The summed E-state index contributed by atoms with van der Waals surface area (Å²) in [6, 6.07) is 20.9. The maximum atomic E-state index is 13.0. The molecule has 160 valence electrons. The lowest BCUT2D eigenvalue weighted by atomic mass is 10.2. The molecule has 0 aliphatic carbocycles. The van der Waals surface area contributed by atoms with Crippen LogP contribution in [0.2, 0.25) is 0 Å². The summed E-state index contributed by atoms with van der Waals surface area (Å²) in [5.74, 6) is -0.602. The summed E-state index contributed by atoms with van der Waals surface area (Å²) in [5.41, 5.74) is 1.84. The number of anilines is 2. The lowest BCUT2D eigenvalue weighted by Crippen LogP contribution is -2.31. The van der Waals surface area contributed by atoms with Crippen LogP contribution in [0.25, 0.3) is 0 Å². The summed E-state index contributed by atoms with van der Waals surface area (Å²) in [6.07, 6.45) is 0.857. The minimum atomic E-state index is -3.84. The first kappa shape index (κ1) is 20.9. The first-order valence-electron chi connectivity index (χ1n) is 9.90. The Kier molecular flexibility index (Phi) is 5.90. The molecular weight excluding hydrogens is 417 g/mol. The second-order valence-electron chi connectivity index (χ2n) is 7.38. The molecule has 0 aromatic heterocycles. The third-order valence-electron chi connectivity index (χ3n) is 5.13. The molecule has 3 aromatic rings. The van der Waals surface area contributed by atoms with Gasteiger partial charge in [-0.2, -0.15) is 0 Å². The Morgan fingerprint density at radius 2 is 1.58 bits per heavy atom. The van der Waals surface area contributed by atoms with Gasteiger partial charge >= 0.3 is 0 Å². The summed E-state index contributed by atoms with van der Waals surface area (Å²) in [6.45, 7) is 1.26. The highest BCUT2D eigenvalue weighted by Crippen LogP contribution is 2.20. The van der Waals surface area contributed by atoms with Crippen LogP contribution in [0.1, 0.15) is 16.8 Å². The number of likely N-dealkylation sites (tertiary alicyclic amines) is 1. The fraction of sp³-hybridized carbons (Fsp3) is 0.174. The second-order valence-corrected chi connectivity index (χ2v) is 9.07. The Morgan fingerprint density at radius 3 is 2.26 bits per heavy atom. The van der Waals surface area contributed by atoms with E-state index in [1.54, 1.807) is 29.2 Å². The van der Waals surface area contributed by atoms with Gasteiger partial charge in [-0.15, -0.1) is 0 Å². The number of amides is 1. The largest absolute Gasteiger partial charge is 0.380 e. The number of nitrogens with one attached hydrogen (secondary N) is 2. The molecule has 1 aliphatic rings. The zero-order valence-electron chi connectivity index (χ0n) is 16.7. The van der Waals surface area contributed by atoms with Crippen LogP contribution in [-0.4, -0.2) is 38.4 Å². The number of rotatable bonds is 6. The van der Waals surface area contributed by atoms with Crippen LogP contribution < -0.4 is 10.0 Å². The van der Waals surface area contributed by atoms with Crippen molar-refractivity contribution in [2.75, 3.05) is 23.1 Å². The first-order chi connectivity index (χ1) is 14.9. The van der Waals surface area contributed by atoms with E-state index in [1.165, 1.54) is 12.1 Å². The van der Waals surface area contributed by atoms with Crippen molar-refractivity contribution in [1.82, 2.24) is 4.90 Å². The third-order valence-corrected chi connectivity index (χ3v) is 6.53. The van der Waals surface area contributed by atoms with Crippen LogP contribution in [-0.2, 0) is 10.0 Å². The van der Waals surface area contributed by atoms with Gasteiger partial charge in [-0.25, -0.2) is 12.8 Å². The van der Waals surface area contributed by atoms with Crippen LogP contribution in [0, 0.1) is 5.82 Å². The number of carbonyl (C=O) groups is 1. The molecular formula is C23H22FN3O3S. The molecule has 0 radical (unpaired) electrons. The fourth-order valence-corrected chi connectivity index (χ4v) is 4.58. The van der Waals surface area contributed by atoms with Gasteiger partial charge in [0.05, 0.1) is 4.90 Å². The first-order valence-corrected chi connectivity index (χ1v) is 11.4. The number of benzene rings is 3. The minimum Gasteiger partial charge on any atom is -0.380 e. The van der Waals surface area contributed by atoms with E-state index in [1.807, 2.05) is 30.3 Å². The van der Waals surface area contributed by atoms with Gasteiger partial charge in [0.15, 0.2) is 0 Å². The molecule has 0 bridgehead atoms. The SMILES string of the molecule is O=C(c1ccc(NS(=O)(=O)c2ccc(F)cc2)cc1)N1CCC(Nc2ccccc2)C1. The van der Waals surface area contributed by atoms with Crippen molar-refractivity contribution in [3.63, 3.8) is 0 Å². The molecule has 6 nitrogen and oxygen atoms in total. The topological polar surface area (TPSA) is 78.5 Å². The molecule has 1 fully saturated rings. The lowest BCUT2D eigenvalue weighted by molar-refractivity contribution is 0.0791. The standard InChI is InChI=1S/C23H22FN3O3S/c24-18-8-12-22(13-9-18)31(29,30)26-20-10-6-17(7-11-20)23(28)27-15-14-21(16-27)25-19-4-2-1-3-5-19/h1-13,21,25-26H,14-16H2. The molecule has 1 atom stereocenters. The van der Waals surface area contributed by atoms with Crippen molar-refractivity contribution < 1.29 is 17.6 Å². The average molecular weight is 440 g/mol. The summed E-state index contributed by atoms with van der Waals surface area (Å²) in [7, 11) is -3.84. The van der Waals surface area contributed by atoms with E-state index in [0.29, 0.717) is 24.3 Å². The summed E-state index contributed by atoms with van der Waals surface area (Å²) in [5, 5.41) is 3.44. The normalized spacial score (nSPS) is 16.2. The molecule has 1 amide bonds. The van der Waals surface area contributed by atoms with Gasteiger partial charge in [0.25, 0.3) is 15.9 Å². The van der Waals surface area contributed by atoms with Crippen LogP contribution in [0.15, 0.2) is 83.8 Å². The van der Waals surface area contributed by atoms with Gasteiger partial charge in [0, 0.05) is 36.1 Å². The highest BCUT2D eigenvalue weighted by Gasteiger charge is 2.27. The van der Waals surface area contributed by atoms with Crippen molar-refractivity contribution in [2.24, 2.45) is 0 Å². The van der Waals surface area contributed by atoms with Gasteiger partial charge in [0.1, 0.15) is 5.82 Å². The number of hydrogen-bond acceptors (Lipinski definition) is 4. The van der Waals surface area contributed by atoms with Crippen LogP contribution in [0.5, 0.6) is 0 Å². The molecule has 1 aliphatic heterocycles. The number of halogens is 1. The molecule has 1 saturated heterocycles. The Balaban J connectivity index is 1.38. The summed E-state index contributed by atoms with van der Waals surface area (Å²) in [4.78, 5) is 14.6. The van der Waals surface area contributed by atoms with Crippen molar-refractivity contribution >= 4 is 27.3 Å². The Labute approximate surface area is 180 Å². The van der Waals surface area contributed by atoms with Crippen molar-refractivity contribution in [3.8, 4) is 0 Å². The number of para-hydroxylation sites is 1. The maximum absolute atomic E-state index is 13.0. The minimum absolute atomic E-state index is 0.0388. The maximum Gasteiger partial charge on any atom is 0.261 e. The van der Waals surface area contributed by atoms with Gasteiger partial charge < -0.3 is 10.2 Å². The van der Waals surface area contributed by atoms with Gasteiger partial charge in [-0.1, -0.05) is 18.2 Å². The number of carbonyl (C=O) groups excluding carboxylic acids is 1. The predicted molar refractivity (Wildman–Crippen MR) is 118 cm³/mol. The van der Waals surface area contributed by atoms with Crippen molar-refractivity contribution in [2.45, 2.75) is 17.4 Å². The van der Waals surface area contributed by atoms with E-state index >= 15 is 0 Å². The molecule has 2 N–H and O–H groups in total. The lowest BCUT2D eigenvalue weighted by Gasteiger charge is -2.18. The highest BCUT2D eigenvalue weighted by molar-refractivity contribution is 7.92. The van der Waals surface area contributed by atoms with E-state index < -0.39 is 15.8 Å². The van der Waals surface area contributed by atoms with E-state index in [2.05, 4.69) is 10.0 Å². The molecule has 0 saturated carbocycles. The quantitative estimate of drug-likeness (QED) is 0.610. The fourth-order valence-electron chi connectivity index (χ4n) is 3.52. The summed E-state index contributed by atoms with van der Waals surface area (Å²) < 4.78 is 40.3. The van der Waals surface area contributed by atoms with E-state index in [-0.39, 0.29) is 16.8 Å². The van der Waals surface area contributed by atoms with Crippen LogP contribution in [0.4, 0.5) is 15.8 Å². The second kappa shape index (κ2) is 8.77. The molecule has 3 aromatic carbocycles. The Bertz CT molecular complexity index is 1150. The summed E-state index contributed by atoms with van der Waals surface area (Å²) >= 11 is 0. The molecule has 1 heterocycles. The third kappa shape index (κ3) is 5.03. The molecule has 4 rings (SSSR count). The van der Waals surface area contributed by atoms with Crippen LogP contribution in [0.3, 0.4) is 0 Å². The average Bonchev–Trinajstić information content (AvgIpc) is 3.23. The smallest absolute Gasteiger partial charge is 0.261 e. The van der Waals surface area contributed by atoms with Gasteiger partial charge in [-0.05, 0) is 67.1 Å². The molecule has 8 heteroatoms. The number of nitrogens with zero attached hydrogens (tertiary/aromatic N) is 1.